The monoisotopic (exact) mass is 345 g/mol. The molecular weight excluding hydrogens is 326 g/mol. The van der Waals surface area contributed by atoms with Crippen LogP contribution in [0, 0.1) is 5.92 Å². The fraction of sp³-hybridized carbons (Fsp3) is 0.375. The summed E-state index contributed by atoms with van der Waals surface area (Å²) in [6.07, 6.45) is 8.41. The summed E-state index contributed by atoms with van der Waals surface area (Å²) in [7, 11) is -1.72. The zero-order chi connectivity index (χ0) is 16.7. The van der Waals surface area contributed by atoms with Crippen LogP contribution < -0.4 is 0 Å². The van der Waals surface area contributed by atoms with E-state index in [9.17, 15) is 8.42 Å². The molecule has 126 valence electrons. The Balaban J connectivity index is 1.48. The van der Waals surface area contributed by atoms with Crippen molar-refractivity contribution in [3.8, 4) is 0 Å². The predicted molar refractivity (Wildman–Crippen MR) is 89.9 cm³/mol. The number of hydrogen-bond acceptors (Lipinski definition) is 4. The maximum Gasteiger partial charge on any atom is 0.246 e. The molecule has 3 aromatic heterocycles. The van der Waals surface area contributed by atoms with Crippen molar-refractivity contribution >= 4 is 21.1 Å². The highest BCUT2D eigenvalue weighted by Crippen LogP contribution is 2.27. The SMILES string of the molecule is Cn1cc(S(=O)(=O)N2CC[C@H](Cc3cnc4[nH]ccc4c3)C2)cn1. The molecule has 8 heteroatoms. The highest BCUT2D eigenvalue weighted by atomic mass is 32.2. The van der Waals surface area contributed by atoms with Crippen molar-refractivity contribution in [3.05, 3.63) is 42.5 Å². The highest BCUT2D eigenvalue weighted by molar-refractivity contribution is 7.89. The minimum absolute atomic E-state index is 0.265. The van der Waals surface area contributed by atoms with Gasteiger partial charge in [0.25, 0.3) is 0 Å². The quantitative estimate of drug-likeness (QED) is 0.777. The van der Waals surface area contributed by atoms with Crippen LogP contribution in [0.1, 0.15) is 12.0 Å². The molecule has 0 aliphatic carbocycles. The van der Waals surface area contributed by atoms with Gasteiger partial charge in [-0.15, -0.1) is 0 Å². The van der Waals surface area contributed by atoms with Gasteiger partial charge in [0, 0.05) is 44.1 Å². The van der Waals surface area contributed by atoms with Gasteiger partial charge in [-0.05, 0) is 36.5 Å². The number of aromatic nitrogens is 4. The summed E-state index contributed by atoms with van der Waals surface area (Å²) in [6.45, 7) is 1.10. The Hall–Kier alpha value is -2.19. The molecule has 0 spiro atoms. The molecule has 0 saturated carbocycles. The molecule has 1 saturated heterocycles. The van der Waals surface area contributed by atoms with Gasteiger partial charge in [-0.3, -0.25) is 4.68 Å². The van der Waals surface area contributed by atoms with Crippen molar-refractivity contribution in [2.45, 2.75) is 17.7 Å². The summed E-state index contributed by atoms with van der Waals surface area (Å²) >= 11 is 0. The summed E-state index contributed by atoms with van der Waals surface area (Å²) in [5, 5.41) is 5.05. The summed E-state index contributed by atoms with van der Waals surface area (Å²) in [4.78, 5) is 7.75. The van der Waals surface area contributed by atoms with Crippen molar-refractivity contribution in [2.24, 2.45) is 13.0 Å². The Labute approximate surface area is 140 Å². The van der Waals surface area contributed by atoms with Gasteiger partial charge in [0.05, 0.1) is 6.20 Å². The van der Waals surface area contributed by atoms with Gasteiger partial charge in [0.15, 0.2) is 0 Å². The number of nitrogens with zero attached hydrogens (tertiary/aromatic N) is 4. The first-order chi connectivity index (χ1) is 11.5. The normalized spacial score (nSPS) is 19.3. The molecule has 0 radical (unpaired) electrons. The lowest BCUT2D eigenvalue weighted by molar-refractivity contribution is 0.456. The van der Waals surface area contributed by atoms with Gasteiger partial charge in [-0.2, -0.15) is 9.40 Å². The summed E-state index contributed by atoms with van der Waals surface area (Å²) in [5.74, 6) is 0.314. The Morgan fingerprint density at radius 2 is 2.25 bits per heavy atom. The molecule has 0 bridgehead atoms. The van der Waals surface area contributed by atoms with Gasteiger partial charge >= 0.3 is 0 Å². The van der Waals surface area contributed by atoms with Gasteiger partial charge in [-0.1, -0.05) is 0 Å². The molecule has 24 heavy (non-hydrogen) atoms. The van der Waals surface area contributed by atoms with E-state index in [1.54, 1.807) is 17.5 Å². The van der Waals surface area contributed by atoms with Crippen LogP contribution in [0.25, 0.3) is 11.0 Å². The first-order valence-corrected chi connectivity index (χ1v) is 9.37. The number of fused-ring (bicyclic) bond motifs is 1. The molecule has 0 amide bonds. The van der Waals surface area contributed by atoms with Crippen LogP contribution in [0.15, 0.2) is 41.8 Å². The lowest BCUT2D eigenvalue weighted by Crippen LogP contribution is -2.28. The second-order valence-corrected chi connectivity index (χ2v) is 8.27. The van der Waals surface area contributed by atoms with Crippen LogP contribution in [-0.2, 0) is 23.5 Å². The molecule has 0 aromatic carbocycles. The van der Waals surface area contributed by atoms with Gasteiger partial charge in [-0.25, -0.2) is 13.4 Å². The number of aromatic amines is 1. The third-order valence-corrected chi connectivity index (χ3v) is 6.37. The largest absolute Gasteiger partial charge is 0.346 e. The van der Waals surface area contributed by atoms with E-state index >= 15 is 0 Å². The number of rotatable bonds is 4. The van der Waals surface area contributed by atoms with Crippen molar-refractivity contribution in [1.82, 2.24) is 24.1 Å². The first kappa shape index (κ1) is 15.3. The number of H-pyrrole nitrogens is 1. The smallest absolute Gasteiger partial charge is 0.246 e. The number of hydrogen-bond donors (Lipinski definition) is 1. The van der Waals surface area contributed by atoms with Crippen LogP contribution in [0.3, 0.4) is 0 Å². The third kappa shape index (κ3) is 2.71. The minimum atomic E-state index is -3.44. The Bertz CT molecular complexity index is 975. The number of nitrogens with one attached hydrogen (secondary N) is 1. The van der Waals surface area contributed by atoms with Gasteiger partial charge in [0.2, 0.25) is 10.0 Å². The fourth-order valence-electron chi connectivity index (χ4n) is 3.29. The maximum atomic E-state index is 12.6. The lowest BCUT2D eigenvalue weighted by Gasteiger charge is -2.15. The molecule has 1 N–H and O–H groups in total. The summed E-state index contributed by atoms with van der Waals surface area (Å²) in [6, 6.07) is 4.12. The average molecular weight is 345 g/mol. The predicted octanol–water partition coefficient (Wildman–Crippen LogP) is 1.55. The summed E-state index contributed by atoms with van der Waals surface area (Å²) < 4.78 is 28.4. The highest BCUT2D eigenvalue weighted by Gasteiger charge is 2.33. The van der Waals surface area contributed by atoms with E-state index in [0.29, 0.717) is 19.0 Å². The topological polar surface area (TPSA) is 83.9 Å². The fourth-order valence-corrected chi connectivity index (χ4v) is 4.81. The van der Waals surface area contributed by atoms with E-state index in [2.05, 4.69) is 21.1 Å². The van der Waals surface area contributed by atoms with Crippen LogP contribution in [0.4, 0.5) is 0 Å². The number of pyridine rings is 1. The molecule has 1 fully saturated rings. The Morgan fingerprint density at radius 1 is 1.38 bits per heavy atom. The van der Waals surface area contributed by atoms with Crippen LogP contribution >= 0.6 is 0 Å². The first-order valence-electron chi connectivity index (χ1n) is 7.93. The van der Waals surface area contributed by atoms with E-state index in [0.717, 1.165) is 29.4 Å². The van der Waals surface area contributed by atoms with E-state index in [-0.39, 0.29) is 4.90 Å². The Morgan fingerprint density at radius 3 is 3.04 bits per heavy atom. The second-order valence-electron chi connectivity index (χ2n) is 6.33. The molecule has 1 atom stereocenters. The standard InChI is InChI=1S/C16H19N5O2S/c1-20-11-15(9-19-20)24(22,23)21-5-3-12(10-21)6-13-7-14-2-4-17-16(14)18-8-13/h2,4,7-9,11-12H,3,5-6,10H2,1H3,(H,17,18)/t12-/m1/s1. The molecule has 4 rings (SSSR count). The average Bonchev–Trinajstić information content (AvgIpc) is 3.27. The van der Waals surface area contributed by atoms with Crippen molar-refractivity contribution in [2.75, 3.05) is 13.1 Å². The number of sulfonamides is 1. The zero-order valence-corrected chi connectivity index (χ0v) is 14.2. The van der Waals surface area contributed by atoms with Crippen molar-refractivity contribution in [3.63, 3.8) is 0 Å². The van der Waals surface area contributed by atoms with Crippen molar-refractivity contribution in [1.29, 1.82) is 0 Å². The summed E-state index contributed by atoms with van der Waals surface area (Å²) in [5.41, 5.74) is 2.03. The molecule has 0 unspecified atom stereocenters. The van der Waals surface area contributed by atoms with Crippen LogP contribution in [0.2, 0.25) is 0 Å². The molecule has 4 heterocycles. The maximum absolute atomic E-state index is 12.6. The third-order valence-electron chi connectivity index (χ3n) is 4.55. The molecule has 1 aliphatic heterocycles. The zero-order valence-electron chi connectivity index (χ0n) is 13.4. The van der Waals surface area contributed by atoms with E-state index in [1.807, 2.05) is 18.5 Å². The molecular formula is C16H19N5O2S. The van der Waals surface area contributed by atoms with Crippen molar-refractivity contribution < 1.29 is 8.42 Å². The Kier molecular flexibility index (Phi) is 3.65. The minimum Gasteiger partial charge on any atom is -0.346 e. The molecule has 1 aliphatic rings. The van der Waals surface area contributed by atoms with E-state index in [1.165, 1.54) is 10.9 Å². The molecule has 7 nitrogen and oxygen atoms in total. The van der Waals surface area contributed by atoms with E-state index < -0.39 is 10.0 Å². The van der Waals surface area contributed by atoms with E-state index in [4.69, 9.17) is 0 Å². The molecule has 3 aromatic rings. The number of aryl methyl sites for hydroxylation is 1. The second kappa shape index (κ2) is 5.71. The lowest BCUT2D eigenvalue weighted by atomic mass is 9.99. The van der Waals surface area contributed by atoms with Gasteiger partial charge in [0.1, 0.15) is 10.5 Å². The van der Waals surface area contributed by atoms with Gasteiger partial charge < -0.3 is 4.98 Å². The van der Waals surface area contributed by atoms with Crippen LogP contribution in [0.5, 0.6) is 0 Å². The van der Waals surface area contributed by atoms with Crippen LogP contribution in [-0.4, -0.2) is 45.6 Å².